The van der Waals surface area contributed by atoms with E-state index >= 15 is 0 Å². The molecule has 39 heavy (non-hydrogen) atoms. The standard InChI is InChI=1S/C24H24ClF3N2O9/c1-4-35-21(31)14(2)37-22(32)15(3)39-29-12-16-5-7-17(8-6-16)13-36-23(30(33)34)38-20-10-9-18(11-19(20)25)24(26,27)28/h5-12,14-15,23H,4,13H2,1-3H3/b29-12+. The number of hydrogen-bond donors (Lipinski definition) is 0. The molecule has 0 aliphatic rings. The van der Waals surface area contributed by atoms with Crippen LogP contribution < -0.4 is 4.74 Å². The first-order valence-electron chi connectivity index (χ1n) is 11.3. The topological polar surface area (TPSA) is 136 Å². The van der Waals surface area contributed by atoms with Gasteiger partial charge < -0.3 is 19.0 Å². The van der Waals surface area contributed by atoms with Gasteiger partial charge in [0.2, 0.25) is 6.10 Å². The number of hydrogen-bond acceptors (Lipinski definition) is 10. The fraction of sp³-hybridized carbons (Fsp3) is 0.375. The molecule has 3 unspecified atom stereocenters. The maximum Gasteiger partial charge on any atom is 0.475 e. The predicted octanol–water partition coefficient (Wildman–Crippen LogP) is 4.75. The first kappa shape index (κ1) is 31.3. The van der Waals surface area contributed by atoms with E-state index in [1.165, 1.54) is 20.1 Å². The van der Waals surface area contributed by atoms with Crippen molar-refractivity contribution in [3.63, 3.8) is 0 Å². The number of nitrogens with zero attached hydrogens (tertiary/aromatic N) is 2. The summed E-state index contributed by atoms with van der Waals surface area (Å²) in [6, 6.07) is 8.40. The van der Waals surface area contributed by atoms with Gasteiger partial charge in [0.15, 0.2) is 6.10 Å². The summed E-state index contributed by atoms with van der Waals surface area (Å²) >= 11 is 5.77. The maximum absolute atomic E-state index is 12.8. The van der Waals surface area contributed by atoms with Crippen molar-refractivity contribution in [2.24, 2.45) is 5.16 Å². The molecule has 2 aromatic carbocycles. The SMILES string of the molecule is CCOC(=O)C(C)OC(=O)C(C)O/N=C/c1ccc(COC(Oc2ccc(C(F)(F)F)cc2Cl)[N+](=O)[O-])cc1. The number of rotatable bonds is 13. The molecule has 0 bridgehead atoms. The third-order valence-corrected chi connectivity index (χ3v) is 4.99. The number of carbonyl (C=O) groups excluding carboxylic acids is 2. The van der Waals surface area contributed by atoms with E-state index in [-0.39, 0.29) is 19.0 Å². The minimum absolute atomic E-state index is 0.143. The van der Waals surface area contributed by atoms with Crippen LogP contribution in [0.25, 0.3) is 0 Å². The summed E-state index contributed by atoms with van der Waals surface area (Å²) in [4.78, 5) is 38.9. The first-order valence-corrected chi connectivity index (χ1v) is 11.6. The van der Waals surface area contributed by atoms with Gasteiger partial charge in [-0.1, -0.05) is 41.0 Å². The first-order chi connectivity index (χ1) is 18.3. The van der Waals surface area contributed by atoms with Gasteiger partial charge in [0.05, 0.1) is 34.9 Å². The Morgan fingerprint density at radius 1 is 1.10 bits per heavy atom. The summed E-state index contributed by atoms with van der Waals surface area (Å²) in [6.07, 6.45) is -7.60. The Morgan fingerprint density at radius 2 is 1.77 bits per heavy atom. The molecule has 0 N–H and O–H groups in total. The largest absolute Gasteiger partial charge is 0.475 e. The number of esters is 2. The Hall–Kier alpha value is -3.91. The molecule has 15 heteroatoms. The van der Waals surface area contributed by atoms with E-state index in [0.717, 1.165) is 6.07 Å². The average Bonchev–Trinajstić information content (AvgIpc) is 2.87. The molecule has 0 spiro atoms. The summed E-state index contributed by atoms with van der Waals surface area (Å²) in [5.74, 6) is -1.86. The van der Waals surface area contributed by atoms with Gasteiger partial charge in [-0.05, 0) is 50.1 Å². The van der Waals surface area contributed by atoms with E-state index < -0.39 is 52.2 Å². The van der Waals surface area contributed by atoms with E-state index in [1.807, 2.05) is 0 Å². The Balaban J connectivity index is 1.89. The van der Waals surface area contributed by atoms with E-state index in [4.69, 9.17) is 35.4 Å². The molecular weight excluding hydrogens is 553 g/mol. The maximum atomic E-state index is 12.8. The minimum Gasteiger partial charge on any atom is -0.463 e. The fourth-order valence-corrected chi connectivity index (χ4v) is 2.92. The van der Waals surface area contributed by atoms with Crippen LogP contribution in [0.2, 0.25) is 5.02 Å². The Labute approximate surface area is 225 Å². The van der Waals surface area contributed by atoms with Crippen molar-refractivity contribution in [1.82, 2.24) is 0 Å². The van der Waals surface area contributed by atoms with Crippen molar-refractivity contribution in [2.75, 3.05) is 6.61 Å². The molecule has 0 aromatic heterocycles. The smallest absolute Gasteiger partial charge is 0.463 e. The summed E-state index contributed by atoms with van der Waals surface area (Å²) < 4.78 is 58.2. The minimum atomic E-state index is -4.64. The van der Waals surface area contributed by atoms with Crippen LogP contribution in [-0.2, 0) is 41.4 Å². The molecule has 11 nitrogen and oxygen atoms in total. The van der Waals surface area contributed by atoms with Gasteiger partial charge in [-0.3, -0.25) is 14.9 Å². The van der Waals surface area contributed by atoms with Gasteiger partial charge in [-0.25, -0.2) is 9.59 Å². The zero-order chi connectivity index (χ0) is 29.2. The van der Waals surface area contributed by atoms with Gasteiger partial charge in [-0.2, -0.15) is 13.2 Å². The van der Waals surface area contributed by atoms with Crippen molar-refractivity contribution in [2.45, 2.75) is 52.2 Å². The van der Waals surface area contributed by atoms with Crippen LogP contribution in [0.1, 0.15) is 37.5 Å². The molecular formula is C24H24ClF3N2O9. The van der Waals surface area contributed by atoms with E-state index in [1.54, 1.807) is 31.2 Å². The summed E-state index contributed by atoms with van der Waals surface area (Å²) in [7, 11) is 0. The molecule has 0 heterocycles. The second-order valence-corrected chi connectivity index (χ2v) is 8.13. The quantitative estimate of drug-likeness (QED) is 0.109. The van der Waals surface area contributed by atoms with Crippen molar-refractivity contribution in [3.05, 3.63) is 74.3 Å². The lowest BCUT2D eigenvalue weighted by atomic mass is 10.1. The molecule has 212 valence electrons. The van der Waals surface area contributed by atoms with Gasteiger partial charge in [0.1, 0.15) is 5.75 Å². The van der Waals surface area contributed by atoms with Gasteiger partial charge >= 0.3 is 24.5 Å². The predicted molar refractivity (Wildman–Crippen MR) is 129 cm³/mol. The third-order valence-electron chi connectivity index (χ3n) is 4.70. The zero-order valence-corrected chi connectivity index (χ0v) is 21.6. The molecule has 0 aliphatic carbocycles. The second kappa shape index (κ2) is 14.3. The Kier molecular flexibility index (Phi) is 11.5. The van der Waals surface area contributed by atoms with Crippen LogP contribution in [-0.4, -0.2) is 48.3 Å². The number of halogens is 4. The van der Waals surface area contributed by atoms with Crippen molar-refractivity contribution < 1.29 is 51.5 Å². The number of benzene rings is 2. The molecule has 0 fully saturated rings. The van der Waals surface area contributed by atoms with Crippen molar-refractivity contribution in [1.29, 1.82) is 0 Å². The normalized spacial score (nSPS) is 13.8. The summed E-state index contributed by atoms with van der Waals surface area (Å²) in [6.45, 7) is 4.22. The van der Waals surface area contributed by atoms with Crippen LogP contribution in [0, 0.1) is 10.1 Å². The van der Waals surface area contributed by atoms with Crippen molar-refractivity contribution >= 4 is 29.8 Å². The van der Waals surface area contributed by atoms with E-state index in [2.05, 4.69) is 5.16 Å². The molecule has 2 rings (SSSR count). The van der Waals surface area contributed by atoms with Crippen molar-refractivity contribution in [3.8, 4) is 5.75 Å². The molecule has 3 atom stereocenters. The van der Waals surface area contributed by atoms with Crippen LogP contribution in [0.15, 0.2) is 47.6 Å². The van der Waals surface area contributed by atoms with E-state index in [9.17, 15) is 32.9 Å². The summed E-state index contributed by atoms with van der Waals surface area (Å²) in [5, 5.41) is 14.5. The van der Waals surface area contributed by atoms with Gasteiger partial charge in [0.25, 0.3) is 0 Å². The van der Waals surface area contributed by atoms with Crippen LogP contribution in [0.5, 0.6) is 5.75 Å². The molecule has 2 aromatic rings. The number of nitro groups is 1. The number of carbonyl (C=O) groups is 2. The molecule has 0 aliphatic heterocycles. The molecule has 0 radical (unpaired) electrons. The highest BCUT2D eigenvalue weighted by Gasteiger charge is 2.32. The lowest BCUT2D eigenvalue weighted by molar-refractivity contribution is -0.621. The lowest BCUT2D eigenvalue weighted by Gasteiger charge is -2.14. The van der Waals surface area contributed by atoms with Crippen LogP contribution >= 0.6 is 11.6 Å². The Morgan fingerprint density at radius 3 is 2.33 bits per heavy atom. The number of oxime groups is 1. The lowest BCUT2D eigenvalue weighted by Crippen LogP contribution is -2.31. The summed E-state index contributed by atoms with van der Waals surface area (Å²) in [5.41, 5.74) is -0.00445. The second-order valence-electron chi connectivity index (χ2n) is 7.72. The van der Waals surface area contributed by atoms with Crippen LogP contribution in [0.4, 0.5) is 13.2 Å². The monoisotopic (exact) mass is 576 g/mol. The van der Waals surface area contributed by atoms with Crippen LogP contribution in [0.3, 0.4) is 0 Å². The number of alkyl halides is 3. The van der Waals surface area contributed by atoms with Gasteiger partial charge in [-0.15, -0.1) is 0 Å². The molecule has 0 saturated heterocycles. The highest BCUT2D eigenvalue weighted by Crippen LogP contribution is 2.35. The Bertz CT molecular complexity index is 1180. The fourth-order valence-electron chi connectivity index (χ4n) is 2.69. The highest BCUT2D eigenvalue weighted by molar-refractivity contribution is 6.32. The molecule has 0 amide bonds. The third kappa shape index (κ3) is 10.1. The van der Waals surface area contributed by atoms with E-state index in [0.29, 0.717) is 23.3 Å². The number of ether oxygens (including phenoxy) is 4. The molecule has 0 saturated carbocycles. The highest BCUT2D eigenvalue weighted by atomic mass is 35.5. The zero-order valence-electron chi connectivity index (χ0n) is 20.8. The average molecular weight is 577 g/mol. The van der Waals surface area contributed by atoms with Gasteiger partial charge in [0, 0.05) is 0 Å².